The first-order chi connectivity index (χ1) is 4.61. The Hall–Kier alpha value is 3.13. The molecule has 3 nitrogen and oxygen atoms in total. The molecule has 0 bridgehead atoms. The first-order valence-corrected chi connectivity index (χ1v) is 4.07. The molecular formula is C6H10Na4O3S. The average molecular weight is 254 g/mol. The summed E-state index contributed by atoms with van der Waals surface area (Å²) in [7, 11) is -4.00. The van der Waals surface area contributed by atoms with Gasteiger partial charge in [-0.25, -0.2) is 0 Å². The summed E-state index contributed by atoms with van der Waals surface area (Å²) in [6.45, 7) is 0. The number of rotatable bonds is 1. The van der Waals surface area contributed by atoms with Crippen molar-refractivity contribution in [3.63, 3.8) is 0 Å². The van der Waals surface area contributed by atoms with Crippen LogP contribution < -0.4 is 0 Å². The fourth-order valence-corrected chi connectivity index (χ4v) is 1.09. The predicted octanol–water partition coefficient (Wildman–Crippen LogP) is -1.66. The molecule has 0 radical (unpaired) electrons. The van der Waals surface area contributed by atoms with Crippen molar-refractivity contribution in [1.29, 1.82) is 0 Å². The molecule has 0 aromatic heterocycles. The van der Waals surface area contributed by atoms with Crippen LogP contribution in [0.4, 0.5) is 0 Å². The van der Waals surface area contributed by atoms with E-state index in [1.807, 2.05) is 0 Å². The van der Waals surface area contributed by atoms with Gasteiger partial charge >= 0.3 is 118 Å². The topological polar surface area (TPSA) is 54.4 Å². The van der Waals surface area contributed by atoms with Crippen LogP contribution in [0.15, 0.2) is 35.2 Å². The van der Waals surface area contributed by atoms with E-state index in [0.29, 0.717) is 0 Å². The van der Waals surface area contributed by atoms with Crippen LogP contribution in [0.1, 0.15) is 0 Å². The summed E-state index contributed by atoms with van der Waals surface area (Å²) >= 11 is 0. The quantitative estimate of drug-likeness (QED) is 0.482. The molecule has 0 atom stereocenters. The standard InChI is InChI=1S/C6H6O3S.4Na.4H/c7-10(8,9)6-4-2-1-3-5-6;;;;;;;;/h1-5H,(H,7,8,9);;;;;;;;. The van der Waals surface area contributed by atoms with Crippen molar-refractivity contribution >= 4 is 128 Å². The third-order valence-electron chi connectivity index (χ3n) is 1.04. The molecule has 0 fully saturated rings. The van der Waals surface area contributed by atoms with Crippen LogP contribution in [0.2, 0.25) is 0 Å². The van der Waals surface area contributed by atoms with E-state index in [9.17, 15) is 8.42 Å². The molecule has 0 aliphatic heterocycles. The minimum atomic E-state index is -4.00. The summed E-state index contributed by atoms with van der Waals surface area (Å²) < 4.78 is 29.2. The molecule has 0 spiro atoms. The summed E-state index contributed by atoms with van der Waals surface area (Å²) in [5.74, 6) is 0. The van der Waals surface area contributed by atoms with E-state index in [2.05, 4.69) is 0 Å². The second-order valence-electron chi connectivity index (χ2n) is 1.79. The van der Waals surface area contributed by atoms with Crippen LogP contribution in [-0.2, 0) is 10.1 Å². The van der Waals surface area contributed by atoms with E-state index >= 15 is 0 Å². The van der Waals surface area contributed by atoms with Crippen molar-refractivity contribution in [3.8, 4) is 0 Å². The second kappa shape index (κ2) is 12.6. The van der Waals surface area contributed by atoms with E-state index in [4.69, 9.17) is 4.55 Å². The summed E-state index contributed by atoms with van der Waals surface area (Å²) in [5.41, 5.74) is 0. The zero-order valence-electron chi connectivity index (χ0n) is 5.06. The Morgan fingerprint density at radius 3 is 1.43 bits per heavy atom. The molecule has 1 rings (SSSR count). The van der Waals surface area contributed by atoms with Gasteiger partial charge in [0.1, 0.15) is 0 Å². The third-order valence-corrected chi connectivity index (χ3v) is 1.91. The number of hydrogen-bond donors (Lipinski definition) is 1. The zero-order valence-corrected chi connectivity index (χ0v) is 5.88. The SMILES string of the molecule is O=S(=O)(O)c1ccccc1.[NaH].[NaH].[NaH].[NaH]. The van der Waals surface area contributed by atoms with Gasteiger partial charge in [-0.1, -0.05) is 18.2 Å². The Bertz CT molecular complexity index is 313. The maximum atomic E-state index is 10.4. The number of hydrogen-bond acceptors (Lipinski definition) is 2. The molecule has 0 unspecified atom stereocenters. The van der Waals surface area contributed by atoms with Gasteiger partial charge in [-0.05, 0) is 12.1 Å². The molecule has 0 heterocycles. The van der Waals surface area contributed by atoms with Crippen molar-refractivity contribution in [1.82, 2.24) is 0 Å². The van der Waals surface area contributed by atoms with Crippen LogP contribution in [0.5, 0.6) is 0 Å². The van der Waals surface area contributed by atoms with Crippen LogP contribution >= 0.6 is 0 Å². The average Bonchev–Trinajstić information content (AvgIpc) is 1.88. The Morgan fingerprint density at radius 1 is 0.857 bits per heavy atom. The fraction of sp³-hybridized carbons (Fsp3) is 0. The van der Waals surface area contributed by atoms with Crippen LogP contribution in [0, 0.1) is 0 Å². The van der Waals surface area contributed by atoms with Gasteiger partial charge in [0.05, 0.1) is 4.90 Å². The molecule has 0 amide bonds. The van der Waals surface area contributed by atoms with Gasteiger partial charge in [0.15, 0.2) is 0 Å². The van der Waals surface area contributed by atoms with Crippen molar-refractivity contribution in [2.45, 2.75) is 4.90 Å². The summed E-state index contributed by atoms with van der Waals surface area (Å²) in [6, 6.07) is 7.42. The van der Waals surface area contributed by atoms with Gasteiger partial charge in [-0.3, -0.25) is 4.55 Å². The molecular weight excluding hydrogens is 244 g/mol. The Morgan fingerprint density at radius 2 is 1.21 bits per heavy atom. The Kier molecular flexibility index (Phi) is 23.2. The van der Waals surface area contributed by atoms with E-state index in [1.54, 1.807) is 18.2 Å². The fourth-order valence-electron chi connectivity index (χ4n) is 0.592. The molecule has 0 saturated heterocycles. The summed E-state index contributed by atoms with van der Waals surface area (Å²) in [5, 5.41) is 0. The van der Waals surface area contributed by atoms with Gasteiger partial charge in [-0.15, -0.1) is 0 Å². The van der Waals surface area contributed by atoms with E-state index < -0.39 is 10.1 Å². The Balaban J connectivity index is -0.000000125. The normalized spacial score (nSPS) is 8.07. The van der Waals surface area contributed by atoms with E-state index in [0.717, 1.165) is 0 Å². The van der Waals surface area contributed by atoms with Crippen LogP contribution in [0.25, 0.3) is 0 Å². The van der Waals surface area contributed by atoms with Crippen molar-refractivity contribution in [3.05, 3.63) is 30.3 Å². The molecule has 8 heteroatoms. The molecule has 0 saturated carbocycles. The minimum absolute atomic E-state index is 0. The molecule has 0 aliphatic carbocycles. The van der Waals surface area contributed by atoms with Gasteiger partial charge in [0.2, 0.25) is 0 Å². The molecule has 0 aliphatic rings. The van der Waals surface area contributed by atoms with Gasteiger partial charge in [0, 0.05) is 0 Å². The van der Waals surface area contributed by atoms with Gasteiger partial charge in [-0.2, -0.15) is 8.42 Å². The van der Waals surface area contributed by atoms with Crippen LogP contribution in [0.3, 0.4) is 0 Å². The van der Waals surface area contributed by atoms with E-state index in [-0.39, 0.29) is 123 Å². The van der Waals surface area contributed by atoms with Crippen molar-refractivity contribution < 1.29 is 13.0 Å². The van der Waals surface area contributed by atoms with Gasteiger partial charge in [0.25, 0.3) is 10.1 Å². The maximum absolute atomic E-state index is 10.4. The summed E-state index contributed by atoms with van der Waals surface area (Å²) in [6.07, 6.45) is 0. The molecule has 1 aromatic carbocycles. The molecule has 14 heavy (non-hydrogen) atoms. The van der Waals surface area contributed by atoms with Crippen molar-refractivity contribution in [2.75, 3.05) is 0 Å². The molecule has 1 aromatic rings. The number of benzene rings is 1. The first kappa shape index (κ1) is 25.9. The zero-order chi connectivity index (χ0) is 7.61. The van der Waals surface area contributed by atoms with Crippen LogP contribution in [-0.4, -0.2) is 131 Å². The Labute approximate surface area is 173 Å². The monoisotopic (exact) mass is 254 g/mol. The first-order valence-electron chi connectivity index (χ1n) is 2.63. The van der Waals surface area contributed by atoms with E-state index in [1.165, 1.54) is 12.1 Å². The summed E-state index contributed by atoms with van der Waals surface area (Å²) in [4.78, 5) is -0.0741. The van der Waals surface area contributed by atoms with Crippen molar-refractivity contribution in [2.24, 2.45) is 0 Å². The second-order valence-corrected chi connectivity index (χ2v) is 3.21. The third kappa shape index (κ3) is 10.3. The predicted molar refractivity (Wildman–Crippen MR) is 64.9 cm³/mol. The molecule has 62 valence electrons. The van der Waals surface area contributed by atoms with Gasteiger partial charge < -0.3 is 0 Å². The molecule has 1 N–H and O–H groups in total.